The van der Waals surface area contributed by atoms with Gasteiger partial charge in [-0.15, -0.1) is 0 Å². The highest BCUT2D eigenvalue weighted by molar-refractivity contribution is 5.91. The molecule has 0 unspecified atom stereocenters. The van der Waals surface area contributed by atoms with Gasteiger partial charge in [0.15, 0.2) is 0 Å². The van der Waals surface area contributed by atoms with Gasteiger partial charge in [-0.3, -0.25) is 4.79 Å². The van der Waals surface area contributed by atoms with E-state index in [1.165, 1.54) is 31.2 Å². The Labute approximate surface area is 103 Å². The molecule has 0 atom stereocenters. The topological polar surface area (TPSA) is 29.1 Å². The Morgan fingerprint density at radius 3 is 2.71 bits per heavy atom. The van der Waals surface area contributed by atoms with Crippen molar-refractivity contribution >= 4 is 11.6 Å². The van der Waals surface area contributed by atoms with Gasteiger partial charge < -0.3 is 5.32 Å². The Balaban J connectivity index is 1.95. The largest absolute Gasteiger partial charge is 0.326 e. The minimum Gasteiger partial charge on any atom is -0.326 e. The van der Waals surface area contributed by atoms with Gasteiger partial charge in [0.1, 0.15) is 0 Å². The van der Waals surface area contributed by atoms with Crippen molar-refractivity contribution in [3.05, 3.63) is 29.3 Å². The third-order valence-corrected chi connectivity index (χ3v) is 3.62. The molecule has 0 bridgehead atoms. The lowest BCUT2D eigenvalue weighted by Crippen LogP contribution is -2.15. The fourth-order valence-corrected chi connectivity index (χ4v) is 2.55. The number of hydrogen-bond donors (Lipinski definition) is 1. The third-order valence-electron chi connectivity index (χ3n) is 3.62. The van der Waals surface area contributed by atoms with Crippen LogP contribution in [0.5, 0.6) is 0 Å². The molecule has 1 fully saturated rings. The molecule has 1 saturated carbocycles. The van der Waals surface area contributed by atoms with Crippen molar-refractivity contribution in [1.82, 2.24) is 0 Å². The van der Waals surface area contributed by atoms with Crippen LogP contribution >= 0.6 is 0 Å². The normalized spacial score (nSPS) is 16.1. The summed E-state index contributed by atoms with van der Waals surface area (Å²) < 4.78 is 0. The predicted molar refractivity (Wildman–Crippen MR) is 71.1 cm³/mol. The zero-order valence-electron chi connectivity index (χ0n) is 10.8. The van der Waals surface area contributed by atoms with Gasteiger partial charge in [-0.05, 0) is 49.8 Å². The van der Waals surface area contributed by atoms with Crippen LogP contribution in [0.4, 0.5) is 5.69 Å². The molecule has 1 N–H and O–H groups in total. The first-order valence-corrected chi connectivity index (χ1v) is 6.52. The van der Waals surface area contributed by atoms with Crippen LogP contribution < -0.4 is 5.32 Å². The highest BCUT2D eigenvalue weighted by atomic mass is 16.1. The number of aryl methyl sites for hydroxylation is 2. The van der Waals surface area contributed by atoms with Crippen molar-refractivity contribution in [3.63, 3.8) is 0 Å². The van der Waals surface area contributed by atoms with Crippen LogP contribution in [0.3, 0.4) is 0 Å². The van der Waals surface area contributed by atoms with Crippen LogP contribution in [0.25, 0.3) is 0 Å². The lowest BCUT2D eigenvalue weighted by atomic mass is 10.0. The van der Waals surface area contributed by atoms with E-state index < -0.39 is 0 Å². The zero-order valence-corrected chi connectivity index (χ0v) is 10.8. The minimum absolute atomic E-state index is 0.172. The summed E-state index contributed by atoms with van der Waals surface area (Å²) in [7, 11) is 0. The van der Waals surface area contributed by atoms with Gasteiger partial charge >= 0.3 is 0 Å². The Morgan fingerprint density at radius 1 is 1.29 bits per heavy atom. The fourth-order valence-electron chi connectivity index (χ4n) is 2.55. The quantitative estimate of drug-likeness (QED) is 0.841. The Bertz CT molecular complexity index is 405. The molecule has 2 rings (SSSR count). The molecule has 2 heteroatoms. The van der Waals surface area contributed by atoms with Crippen molar-refractivity contribution in [2.45, 2.75) is 46.0 Å². The number of nitrogens with one attached hydrogen (secondary N) is 1. The number of anilines is 1. The molecular weight excluding hydrogens is 210 g/mol. The average molecular weight is 231 g/mol. The lowest BCUT2D eigenvalue weighted by molar-refractivity contribution is -0.117. The molecule has 17 heavy (non-hydrogen) atoms. The standard InChI is InChI=1S/C15H21NO/c1-11-7-8-12(2)14(9-11)16-15(17)10-13-5-3-4-6-13/h7-9,13H,3-6,10H2,1-2H3,(H,16,17). The number of benzene rings is 1. The highest BCUT2D eigenvalue weighted by Crippen LogP contribution is 2.28. The molecule has 0 aliphatic heterocycles. The molecule has 1 aromatic carbocycles. The number of carbonyl (C=O) groups excluding carboxylic acids is 1. The third kappa shape index (κ3) is 3.32. The van der Waals surface area contributed by atoms with Crippen LogP contribution in [-0.4, -0.2) is 5.91 Å². The van der Waals surface area contributed by atoms with Crippen molar-refractivity contribution < 1.29 is 4.79 Å². The van der Waals surface area contributed by atoms with Gasteiger partial charge in [-0.2, -0.15) is 0 Å². The van der Waals surface area contributed by atoms with E-state index in [9.17, 15) is 4.79 Å². The van der Waals surface area contributed by atoms with Crippen LogP contribution in [-0.2, 0) is 4.79 Å². The van der Waals surface area contributed by atoms with E-state index in [1.54, 1.807) is 0 Å². The molecule has 92 valence electrons. The first kappa shape index (κ1) is 12.2. The van der Waals surface area contributed by atoms with E-state index in [2.05, 4.69) is 17.4 Å². The van der Waals surface area contributed by atoms with E-state index in [4.69, 9.17) is 0 Å². The minimum atomic E-state index is 0.172. The molecular formula is C15H21NO. The lowest BCUT2D eigenvalue weighted by Gasteiger charge is -2.12. The van der Waals surface area contributed by atoms with Crippen molar-refractivity contribution in [1.29, 1.82) is 0 Å². The predicted octanol–water partition coefficient (Wildman–Crippen LogP) is 3.82. The zero-order chi connectivity index (χ0) is 12.3. The molecule has 1 amide bonds. The van der Waals surface area contributed by atoms with E-state index in [0.717, 1.165) is 11.3 Å². The van der Waals surface area contributed by atoms with Crippen LogP contribution in [0.15, 0.2) is 18.2 Å². The van der Waals surface area contributed by atoms with E-state index in [0.29, 0.717) is 12.3 Å². The number of rotatable bonds is 3. The molecule has 2 nitrogen and oxygen atoms in total. The molecule has 0 radical (unpaired) electrons. The second-order valence-electron chi connectivity index (χ2n) is 5.22. The fraction of sp³-hybridized carbons (Fsp3) is 0.533. The maximum Gasteiger partial charge on any atom is 0.224 e. The van der Waals surface area contributed by atoms with Gasteiger partial charge in [-0.25, -0.2) is 0 Å². The Hall–Kier alpha value is -1.31. The van der Waals surface area contributed by atoms with Crippen LogP contribution in [0, 0.1) is 19.8 Å². The Morgan fingerprint density at radius 2 is 2.00 bits per heavy atom. The van der Waals surface area contributed by atoms with Gasteiger partial charge in [0, 0.05) is 12.1 Å². The Kier molecular flexibility index (Phi) is 3.82. The monoisotopic (exact) mass is 231 g/mol. The van der Waals surface area contributed by atoms with Crippen molar-refractivity contribution in [2.24, 2.45) is 5.92 Å². The van der Waals surface area contributed by atoms with E-state index in [1.807, 2.05) is 19.9 Å². The summed E-state index contributed by atoms with van der Waals surface area (Å²) >= 11 is 0. The van der Waals surface area contributed by atoms with Crippen LogP contribution in [0.2, 0.25) is 0 Å². The first-order chi connectivity index (χ1) is 8.15. The van der Waals surface area contributed by atoms with E-state index >= 15 is 0 Å². The second kappa shape index (κ2) is 5.35. The second-order valence-corrected chi connectivity index (χ2v) is 5.22. The van der Waals surface area contributed by atoms with Gasteiger partial charge in [0.25, 0.3) is 0 Å². The van der Waals surface area contributed by atoms with Gasteiger partial charge in [0.2, 0.25) is 5.91 Å². The summed E-state index contributed by atoms with van der Waals surface area (Å²) in [6.07, 6.45) is 5.72. The molecule has 0 saturated heterocycles. The van der Waals surface area contributed by atoms with Crippen molar-refractivity contribution in [3.8, 4) is 0 Å². The molecule has 0 spiro atoms. The van der Waals surface area contributed by atoms with Crippen LogP contribution in [0.1, 0.15) is 43.2 Å². The van der Waals surface area contributed by atoms with Crippen molar-refractivity contribution in [2.75, 3.05) is 5.32 Å². The maximum absolute atomic E-state index is 11.9. The summed E-state index contributed by atoms with van der Waals surface area (Å²) in [6.45, 7) is 4.08. The number of carbonyl (C=O) groups is 1. The van der Waals surface area contributed by atoms with Gasteiger partial charge in [-0.1, -0.05) is 25.0 Å². The number of amides is 1. The average Bonchev–Trinajstić information content (AvgIpc) is 2.76. The maximum atomic E-state index is 11.9. The first-order valence-electron chi connectivity index (χ1n) is 6.52. The highest BCUT2D eigenvalue weighted by Gasteiger charge is 2.18. The molecule has 1 aliphatic carbocycles. The molecule has 1 aromatic rings. The smallest absolute Gasteiger partial charge is 0.224 e. The molecule has 1 aliphatic rings. The summed E-state index contributed by atoms with van der Waals surface area (Å²) in [5.74, 6) is 0.783. The molecule has 0 aromatic heterocycles. The summed E-state index contributed by atoms with van der Waals surface area (Å²) in [5, 5.41) is 3.04. The SMILES string of the molecule is Cc1ccc(C)c(NC(=O)CC2CCCC2)c1. The van der Waals surface area contributed by atoms with Gasteiger partial charge in [0.05, 0.1) is 0 Å². The molecule has 0 heterocycles. The number of hydrogen-bond acceptors (Lipinski definition) is 1. The summed E-state index contributed by atoms with van der Waals surface area (Å²) in [4.78, 5) is 11.9. The summed E-state index contributed by atoms with van der Waals surface area (Å²) in [5.41, 5.74) is 3.29. The summed E-state index contributed by atoms with van der Waals surface area (Å²) in [6, 6.07) is 6.17. The van der Waals surface area contributed by atoms with E-state index in [-0.39, 0.29) is 5.91 Å².